The summed E-state index contributed by atoms with van der Waals surface area (Å²) in [5.74, 6) is 0.718. The summed E-state index contributed by atoms with van der Waals surface area (Å²) in [4.78, 5) is 7.41. The van der Waals surface area contributed by atoms with Gasteiger partial charge in [0, 0.05) is 24.2 Å². The fraction of sp³-hybridized carbons (Fsp3) is 0.323. The number of ether oxygens (including phenoxy) is 1. The molecule has 0 radical (unpaired) electrons. The minimum atomic E-state index is 0.0259. The van der Waals surface area contributed by atoms with E-state index in [1.807, 2.05) is 6.20 Å². The number of nitrogens with zero attached hydrogens (tertiary/aromatic N) is 2. The van der Waals surface area contributed by atoms with Crippen LogP contribution >= 0.6 is 0 Å². The Labute approximate surface area is 201 Å². The van der Waals surface area contributed by atoms with Crippen molar-refractivity contribution in [1.82, 2.24) is 9.88 Å². The summed E-state index contributed by atoms with van der Waals surface area (Å²) in [5, 5.41) is 1.23. The van der Waals surface area contributed by atoms with Crippen molar-refractivity contribution in [2.75, 3.05) is 13.1 Å². The highest BCUT2D eigenvalue weighted by Crippen LogP contribution is 2.54. The van der Waals surface area contributed by atoms with Crippen molar-refractivity contribution in [3.63, 3.8) is 0 Å². The minimum absolute atomic E-state index is 0.0259. The maximum absolute atomic E-state index is 6.99. The van der Waals surface area contributed by atoms with Gasteiger partial charge in [0.1, 0.15) is 0 Å². The number of rotatable bonds is 4. The minimum Gasteiger partial charge on any atom is -0.364 e. The van der Waals surface area contributed by atoms with Crippen LogP contribution in [0.3, 0.4) is 0 Å². The second-order valence-corrected chi connectivity index (χ2v) is 10.3. The van der Waals surface area contributed by atoms with E-state index in [1.54, 1.807) is 0 Å². The number of piperidine rings is 3. The van der Waals surface area contributed by atoms with Gasteiger partial charge in [0.05, 0.1) is 17.2 Å². The third kappa shape index (κ3) is 3.07. The molecule has 3 nitrogen and oxygen atoms in total. The fourth-order valence-corrected chi connectivity index (χ4v) is 6.81. The summed E-state index contributed by atoms with van der Waals surface area (Å²) in [5.41, 5.74) is 7.34. The Bertz CT molecular complexity index is 1350. The van der Waals surface area contributed by atoms with E-state index in [9.17, 15) is 0 Å². The van der Waals surface area contributed by atoms with E-state index in [4.69, 9.17) is 9.72 Å². The second kappa shape index (κ2) is 7.76. The molecule has 0 spiro atoms. The number of benzene rings is 3. The molecule has 3 heteroatoms. The predicted octanol–water partition coefficient (Wildman–Crippen LogP) is 6.88. The zero-order valence-corrected chi connectivity index (χ0v) is 19.7. The molecule has 6 heterocycles. The van der Waals surface area contributed by atoms with Crippen molar-refractivity contribution in [1.29, 1.82) is 0 Å². The number of hydrogen-bond acceptors (Lipinski definition) is 3. The van der Waals surface area contributed by atoms with Crippen LogP contribution in [0, 0.1) is 5.92 Å². The lowest BCUT2D eigenvalue weighted by Gasteiger charge is -2.64. The van der Waals surface area contributed by atoms with E-state index < -0.39 is 0 Å². The van der Waals surface area contributed by atoms with Crippen LogP contribution < -0.4 is 0 Å². The van der Waals surface area contributed by atoms with Crippen LogP contribution in [0.25, 0.3) is 33.2 Å². The molecule has 1 aromatic heterocycles. The van der Waals surface area contributed by atoms with Crippen molar-refractivity contribution in [3.05, 3.63) is 90.6 Å². The molecule has 0 saturated carbocycles. The highest BCUT2D eigenvalue weighted by atomic mass is 16.5. The molecule has 3 aromatic carbocycles. The van der Waals surface area contributed by atoms with Crippen molar-refractivity contribution in [2.24, 2.45) is 5.92 Å². The molecule has 5 aliphatic heterocycles. The SMILES string of the molecule is CC[C@@]12CN3CC[C@H]1C[C@@H]3[C@H](c1ccnc3ccc(-c4ccc(-c5ccccc5)cc4)cc13)O2. The molecule has 0 aliphatic carbocycles. The normalized spacial score (nSPS) is 29.6. The zero-order chi connectivity index (χ0) is 22.7. The van der Waals surface area contributed by atoms with Crippen LogP contribution in [-0.2, 0) is 4.74 Å². The first-order valence-corrected chi connectivity index (χ1v) is 12.7. The first kappa shape index (κ1) is 20.4. The maximum Gasteiger partial charge on any atom is 0.0995 e. The molecule has 1 unspecified atom stereocenters. The Morgan fingerprint density at radius 2 is 1.65 bits per heavy atom. The number of hydrogen-bond donors (Lipinski definition) is 0. The average molecular weight is 447 g/mol. The van der Waals surface area contributed by atoms with Gasteiger partial charge < -0.3 is 4.74 Å². The van der Waals surface area contributed by atoms with Crippen LogP contribution in [0.2, 0.25) is 0 Å². The maximum atomic E-state index is 6.99. The van der Waals surface area contributed by atoms with Crippen molar-refractivity contribution in [2.45, 2.75) is 43.9 Å². The van der Waals surface area contributed by atoms with Gasteiger partial charge in [0.2, 0.25) is 0 Å². The summed E-state index contributed by atoms with van der Waals surface area (Å²) in [6.45, 7) is 4.64. The molecule has 170 valence electrons. The van der Waals surface area contributed by atoms with Crippen LogP contribution in [-0.4, -0.2) is 34.6 Å². The molecular formula is C31H30N2O. The van der Waals surface area contributed by atoms with Crippen LogP contribution in [0.4, 0.5) is 0 Å². The number of aromatic nitrogens is 1. The smallest absolute Gasteiger partial charge is 0.0995 e. The summed E-state index contributed by atoms with van der Waals surface area (Å²) >= 11 is 0. The molecule has 0 amide bonds. The lowest BCUT2D eigenvalue weighted by atomic mass is 9.66. The third-order valence-corrected chi connectivity index (χ3v) is 8.69. The monoisotopic (exact) mass is 446 g/mol. The number of fused-ring (bicyclic) bond motifs is 3. The molecule has 0 N–H and O–H groups in total. The Hall–Kier alpha value is -3.01. The molecule has 4 aromatic rings. The van der Waals surface area contributed by atoms with Gasteiger partial charge in [0.15, 0.2) is 0 Å². The van der Waals surface area contributed by atoms with E-state index in [-0.39, 0.29) is 11.7 Å². The highest BCUT2D eigenvalue weighted by molar-refractivity contribution is 5.88. The van der Waals surface area contributed by atoms with Gasteiger partial charge in [-0.25, -0.2) is 0 Å². The van der Waals surface area contributed by atoms with Crippen molar-refractivity contribution >= 4 is 10.9 Å². The van der Waals surface area contributed by atoms with E-state index >= 15 is 0 Å². The molecule has 5 fully saturated rings. The largest absolute Gasteiger partial charge is 0.364 e. The Morgan fingerprint density at radius 3 is 2.38 bits per heavy atom. The molecule has 34 heavy (non-hydrogen) atoms. The molecule has 9 rings (SSSR count). The second-order valence-electron chi connectivity index (χ2n) is 10.3. The highest BCUT2D eigenvalue weighted by Gasteiger charge is 2.58. The molecule has 5 atom stereocenters. The average Bonchev–Trinajstić information content (AvgIpc) is 2.93. The van der Waals surface area contributed by atoms with E-state index in [0.29, 0.717) is 6.04 Å². The van der Waals surface area contributed by atoms with E-state index in [2.05, 4.69) is 90.7 Å². The Balaban J connectivity index is 1.27. The van der Waals surface area contributed by atoms with Gasteiger partial charge in [-0.15, -0.1) is 0 Å². The van der Waals surface area contributed by atoms with Gasteiger partial charge in [-0.05, 0) is 77.7 Å². The number of morpholine rings is 1. The van der Waals surface area contributed by atoms with Crippen LogP contribution in [0.15, 0.2) is 85.1 Å². The zero-order valence-electron chi connectivity index (χ0n) is 19.7. The standard InChI is InChI=1S/C31H30N2O/c1-2-31-20-33-17-15-25(31)19-29(33)30(34-31)26-14-16-32-28-13-12-24(18-27(26)28)23-10-8-22(9-11-23)21-6-4-3-5-7-21/h3-14,16,18,25,29-30H,2,15,17,19-20H2,1H3/t25-,29+,30-,31+/m0/s1. The quantitative estimate of drug-likeness (QED) is 0.341. The Kier molecular flexibility index (Phi) is 4.65. The molecule has 4 bridgehead atoms. The molecule has 5 aliphatic rings. The van der Waals surface area contributed by atoms with Gasteiger partial charge in [0.25, 0.3) is 0 Å². The third-order valence-electron chi connectivity index (χ3n) is 8.69. The fourth-order valence-electron chi connectivity index (χ4n) is 6.81. The van der Waals surface area contributed by atoms with Crippen molar-refractivity contribution in [3.8, 4) is 22.3 Å². The van der Waals surface area contributed by atoms with Gasteiger partial charge >= 0.3 is 0 Å². The summed E-state index contributed by atoms with van der Waals surface area (Å²) in [7, 11) is 0. The van der Waals surface area contributed by atoms with E-state index in [0.717, 1.165) is 24.4 Å². The van der Waals surface area contributed by atoms with Crippen LogP contribution in [0.5, 0.6) is 0 Å². The van der Waals surface area contributed by atoms with E-state index in [1.165, 1.54) is 52.6 Å². The van der Waals surface area contributed by atoms with Gasteiger partial charge in [-0.3, -0.25) is 9.88 Å². The first-order chi connectivity index (χ1) is 16.7. The number of pyridine rings is 1. The van der Waals surface area contributed by atoms with Crippen molar-refractivity contribution < 1.29 is 4.74 Å². The molecule has 5 saturated heterocycles. The van der Waals surface area contributed by atoms with Gasteiger partial charge in [-0.2, -0.15) is 0 Å². The molecular weight excluding hydrogens is 416 g/mol. The summed E-state index contributed by atoms with van der Waals surface area (Å²) < 4.78 is 6.99. The Morgan fingerprint density at radius 1 is 0.912 bits per heavy atom. The lowest BCUT2D eigenvalue weighted by Crippen LogP contribution is -2.70. The van der Waals surface area contributed by atoms with Crippen LogP contribution in [0.1, 0.15) is 37.9 Å². The predicted molar refractivity (Wildman–Crippen MR) is 138 cm³/mol. The summed E-state index contributed by atoms with van der Waals surface area (Å²) in [6.07, 6.45) is 5.75. The first-order valence-electron chi connectivity index (χ1n) is 12.7. The topological polar surface area (TPSA) is 25.4 Å². The summed E-state index contributed by atoms with van der Waals surface area (Å²) in [6, 6.07) is 28.8. The lowest BCUT2D eigenvalue weighted by molar-refractivity contribution is -0.274. The van der Waals surface area contributed by atoms with Gasteiger partial charge in [-0.1, -0.05) is 67.6 Å².